The standard InChI is InChI=1S/C14H19F2NO2/c1-8-6-12(16)10(7-11(8)15)9(2)17(5)14(3,4)13(18)19/h6-7,9H,1-5H3,(H,18,19). The summed E-state index contributed by atoms with van der Waals surface area (Å²) in [7, 11) is 1.58. The second-order valence-electron chi connectivity index (χ2n) is 5.27. The van der Waals surface area contributed by atoms with Crippen LogP contribution in [0.1, 0.15) is 37.9 Å². The summed E-state index contributed by atoms with van der Waals surface area (Å²) >= 11 is 0. The van der Waals surface area contributed by atoms with Crippen LogP contribution in [0, 0.1) is 18.6 Å². The summed E-state index contributed by atoms with van der Waals surface area (Å²) in [6.45, 7) is 6.18. The first kappa shape index (κ1) is 15.6. The molecule has 0 saturated heterocycles. The highest BCUT2D eigenvalue weighted by Gasteiger charge is 2.36. The minimum atomic E-state index is -1.17. The molecular weight excluding hydrogens is 252 g/mol. The maximum atomic E-state index is 13.9. The summed E-state index contributed by atoms with van der Waals surface area (Å²) in [4.78, 5) is 12.7. The van der Waals surface area contributed by atoms with Gasteiger partial charge in [-0.15, -0.1) is 0 Å². The Balaban J connectivity index is 3.17. The Hall–Kier alpha value is -1.49. The van der Waals surface area contributed by atoms with Crippen molar-refractivity contribution in [2.75, 3.05) is 7.05 Å². The van der Waals surface area contributed by atoms with Crippen molar-refractivity contribution in [3.63, 3.8) is 0 Å². The van der Waals surface area contributed by atoms with Gasteiger partial charge in [0.2, 0.25) is 0 Å². The van der Waals surface area contributed by atoms with Crippen LogP contribution in [0.5, 0.6) is 0 Å². The van der Waals surface area contributed by atoms with Crippen LogP contribution in [-0.2, 0) is 4.79 Å². The monoisotopic (exact) mass is 271 g/mol. The molecule has 0 spiro atoms. The molecule has 0 aliphatic carbocycles. The van der Waals surface area contributed by atoms with Crippen LogP contribution >= 0.6 is 0 Å². The summed E-state index contributed by atoms with van der Waals surface area (Å²) in [6.07, 6.45) is 0. The molecule has 1 aromatic rings. The number of hydrogen-bond donors (Lipinski definition) is 1. The molecule has 0 amide bonds. The molecular formula is C14H19F2NO2. The average molecular weight is 271 g/mol. The summed E-state index contributed by atoms with van der Waals surface area (Å²) in [5.74, 6) is -2.04. The van der Waals surface area contributed by atoms with Gasteiger partial charge >= 0.3 is 5.97 Å². The van der Waals surface area contributed by atoms with Crippen LogP contribution in [0.25, 0.3) is 0 Å². The fourth-order valence-corrected chi connectivity index (χ4v) is 1.83. The molecule has 1 N–H and O–H groups in total. The highest BCUT2D eigenvalue weighted by atomic mass is 19.1. The number of halogens is 2. The SMILES string of the molecule is Cc1cc(F)c(C(C)N(C)C(C)(C)C(=O)O)cc1F. The van der Waals surface area contributed by atoms with Crippen molar-refractivity contribution in [2.45, 2.75) is 39.3 Å². The van der Waals surface area contributed by atoms with Gasteiger partial charge in [0.25, 0.3) is 0 Å². The Morgan fingerprint density at radius 2 is 1.84 bits per heavy atom. The van der Waals surface area contributed by atoms with Crippen molar-refractivity contribution < 1.29 is 18.7 Å². The Morgan fingerprint density at radius 3 is 2.32 bits per heavy atom. The summed E-state index contributed by atoms with van der Waals surface area (Å²) < 4.78 is 27.4. The predicted molar refractivity (Wildman–Crippen MR) is 69.0 cm³/mol. The molecule has 0 saturated carbocycles. The number of carboxylic acid groups (broad SMARTS) is 1. The van der Waals surface area contributed by atoms with E-state index in [1.807, 2.05) is 0 Å². The van der Waals surface area contributed by atoms with Crippen molar-refractivity contribution in [3.8, 4) is 0 Å². The fraction of sp³-hybridized carbons (Fsp3) is 0.500. The highest BCUT2D eigenvalue weighted by molar-refractivity contribution is 5.77. The lowest BCUT2D eigenvalue weighted by Gasteiger charge is -2.36. The Labute approximate surface area is 111 Å². The molecule has 0 aromatic heterocycles. The van der Waals surface area contributed by atoms with Gasteiger partial charge in [-0.3, -0.25) is 9.69 Å². The summed E-state index contributed by atoms with van der Waals surface area (Å²) in [6, 6.07) is 1.70. The number of benzene rings is 1. The van der Waals surface area contributed by atoms with Crippen LogP contribution in [0.15, 0.2) is 12.1 Å². The average Bonchev–Trinajstić information content (AvgIpc) is 2.31. The third-order valence-corrected chi connectivity index (χ3v) is 3.71. The molecule has 1 atom stereocenters. The minimum absolute atomic E-state index is 0.153. The van der Waals surface area contributed by atoms with E-state index in [-0.39, 0.29) is 11.1 Å². The molecule has 1 rings (SSSR count). The number of hydrogen-bond acceptors (Lipinski definition) is 2. The fourth-order valence-electron chi connectivity index (χ4n) is 1.83. The molecule has 0 aliphatic rings. The van der Waals surface area contributed by atoms with Gasteiger partial charge in [-0.2, -0.15) is 0 Å². The molecule has 0 bridgehead atoms. The second kappa shape index (κ2) is 5.25. The zero-order valence-corrected chi connectivity index (χ0v) is 11.8. The van der Waals surface area contributed by atoms with Gasteiger partial charge in [-0.25, -0.2) is 8.78 Å². The molecule has 0 fully saturated rings. The van der Waals surface area contributed by atoms with E-state index in [0.717, 1.165) is 12.1 Å². The van der Waals surface area contributed by atoms with Gasteiger partial charge < -0.3 is 5.11 Å². The summed E-state index contributed by atoms with van der Waals surface area (Å²) in [5, 5.41) is 9.17. The molecule has 5 heteroatoms. The number of likely N-dealkylation sites (N-methyl/N-ethyl adjacent to an activating group) is 1. The number of aliphatic carboxylic acids is 1. The predicted octanol–water partition coefficient (Wildman–Crippen LogP) is 3.13. The quantitative estimate of drug-likeness (QED) is 0.914. The van der Waals surface area contributed by atoms with Crippen LogP contribution < -0.4 is 0 Å². The smallest absolute Gasteiger partial charge is 0.323 e. The lowest BCUT2D eigenvalue weighted by Crippen LogP contribution is -2.49. The maximum Gasteiger partial charge on any atom is 0.323 e. The number of rotatable bonds is 4. The van der Waals surface area contributed by atoms with Crippen LogP contribution in [0.2, 0.25) is 0 Å². The van der Waals surface area contributed by atoms with Gasteiger partial charge in [0.05, 0.1) is 0 Å². The summed E-state index contributed by atoms with van der Waals surface area (Å²) in [5.41, 5.74) is -0.791. The normalized spacial score (nSPS) is 13.7. The highest BCUT2D eigenvalue weighted by Crippen LogP contribution is 2.29. The van der Waals surface area contributed by atoms with Crippen LogP contribution in [0.3, 0.4) is 0 Å². The number of carboxylic acids is 1. The van der Waals surface area contributed by atoms with Gasteiger partial charge in [0.15, 0.2) is 0 Å². The van der Waals surface area contributed by atoms with E-state index in [1.165, 1.54) is 25.7 Å². The van der Waals surface area contributed by atoms with Crippen molar-refractivity contribution in [3.05, 3.63) is 34.9 Å². The van der Waals surface area contributed by atoms with E-state index in [0.29, 0.717) is 0 Å². The third-order valence-electron chi connectivity index (χ3n) is 3.71. The molecule has 0 aliphatic heterocycles. The Bertz CT molecular complexity index is 500. The zero-order chi connectivity index (χ0) is 15.0. The third kappa shape index (κ3) is 2.92. The van der Waals surface area contributed by atoms with Gasteiger partial charge in [-0.1, -0.05) is 0 Å². The zero-order valence-electron chi connectivity index (χ0n) is 11.8. The van der Waals surface area contributed by atoms with Crippen molar-refractivity contribution >= 4 is 5.97 Å². The lowest BCUT2D eigenvalue weighted by atomic mass is 9.97. The first-order valence-electron chi connectivity index (χ1n) is 6.01. The van der Waals surface area contributed by atoms with Crippen molar-refractivity contribution in [1.29, 1.82) is 0 Å². The topological polar surface area (TPSA) is 40.5 Å². The second-order valence-corrected chi connectivity index (χ2v) is 5.27. The van der Waals surface area contributed by atoms with Gasteiger partial charge in [0, 0.05) is 11.6 Å². The lowest BCUT2D eigenvalue weighted by molar-refractivity contribution is -0.149. The molecule has 1 aromatic carbocycles. The number of carbonyl (C=O) groups is 1. The molecule has 106 valence electrons. The Morgan fingerprint density at radius 1 is 1.32 bits per heavy atom. The first-order chi connectivity index (χ1) is 8.59. The van der Waals surface area contributed by atoms with E-state index in [2.05, 4.69) is 0 Å². The molecule has 3 nitrogen and oxygen atoms in total. The van der Waals surface area contributed by atoms with Gasteiger partial charge in [0.1, 0.15) is 17.2 Å². The van der Waals surface area contributed by atoms with E-state index in [4.69, 9.17) is 5.11 Å². The van der Waals surface area contributed by atoms with Crippen LogP contribution in [-0.4, -0.2) is 28.6 Å². The van der Waals surface area contributed by atoms with Crippen molar-refractivity contribution in [1.82, 2.24) is 4.90 Å². The largest absolute Gasteiger partial charge is 0.480 e. The number of nitrogens with zero attached hydrogens (tertiary/aromatic N) is 1. The van der Waals surface area contributed by atoms with Gasteiger partial charge in [-0.05, 0) is 52.4 Å². The van der Waals surface area contributed by atoms with Crippen molar-refractivity contribution in [2.24, 2.45) is 0 Å². The van der Waals surface area contributed by atoms with E-state index in [9.17, 15) is 13.6 Å². The van der Waals surface area contributed by atoms with E-state index in [1.54, 1.807) is 14.0 Å². The van der Waals surface area contributed by atoms with Crippen LogP contribution in [0.4, 0.5) is 8.78 Å². The van der Waals surface area contributed by atoms with E-state index < -0.39 is 29.2 Å². The molecule has 0 heterocycles. The molecule has 0 radical (unpaired) electrons. The minimum Gasteiger partial charge on any atom is -0.480 e. The first-order valence-corrected chi connectivity index (χ1v) is 6.01. The molecule has 1 unspecified atom stereocenters. The maximum absolute atomic E-state index is 13.9. The Kier molecular flexibility index (Phi) is 4.30. The number of aryl methyl sites for hydroxylation is 1. The molecule has 19 heavy (non-hydrogen) atoms. The van der Waals surface area contributed by atoms with E-state index >= 15 is 0 Å².